The molecule has 2 rings (SSSR count). The van der Waals surface area contributed by atoms with Crippen LogP contribution in [0.2, 0.25) is 5.02 Å². The quantitative estimate of drug-likeness (QED) is 0.921. The summed E-state index contributed by atoms with van der Waals surface area (Å²) in [6.07, 6.45) is 0. The van der Waals surface area contributed by atoms with Crippen molar-refractivity contribution in [1.82, 2.24) is 4.90 Å². The number of rotatable bonds is 3. The molecule has 0 spiro atoms. The highest BCUT2D eigenvalue weighted by Crippen LogP contribution is 2.32. The molecule has 1 heterocycles. The maximum absolute atomic E-state index is 12.5. The van der Waals surface area contributed by atoms with Gasteiger partial charge in [0.2, 0.25) is 0 Å². The largest absolute Gasteiger partial charge is 0.508 e. The van der Waals surface area contributed by atoms with Gasteiger partial charge in [-0.1, -0.05) is 29.8 Å². The van der Waals surface area contributed by atoms with E-state index < -0.39 is 0 Å². The van der Waals surface area contributed by atoms with Gasteiger partial charge in [0, 0.05) is 12.6 Å². The molecule has 0 fully saturated rings. The third kappa shape index (κ3) is 2.67. The summed E-state index contributed by atoms with van der Waals surface area (Å²) in [6, 6.07) is 6.79. The first-order valence-electron chi connectivity index (χ1n) is 6.22. The zero-order valence-corrected chi connectivity index (χ0v) is 13.1. The number of nitrogens with zero attached hydrogens (tertiary/aromatic N) is 1. The summed E-state index contributed by atoms with van der Waals surface area (Å²) < 4.78 is 0. The van der Waals surface area contributed by atoms with Crippen LogP contribution in [0, 0.1) is 6.92 Å². The van der Waals surface area contributed by atoms with Gasteiger partial charge in [0.05, 0.1) is 11.1 Å². The molecule has 5 heteroatoms. The van der Waals surface area contributed by atoms with E-state index in [1.807, 2.05) is 31.4 Å². The van der Waals surface area contributed by atoms with Gasteiger partial charge in [-0.3, -0.25) is 4.79 Å². The highest BCUT2D eigenvalue weighted by Gasteiger charge is 2.24. The topological polar surface area (TPSA) is 40.5 Å². The Balaban J connectivity index is 2.27. The first-order valence-corrected chi connectivity index (χ1v) is 7.48. The standard InChI is InChI=1S/C15H16ClNO2S/c1-9-8-20-14(13(9)16)15(19)17(3)10(2)11-6-4-5-7-12(11)18/h4-8,10,18H,1-3H3. The van der Waals surface area contributed by atoms with Crippen molar-refractivity contribution < 1.29 is 9.90 Å². The van der Waals surface area contributed by atoms with Crippen LogP contribution in [-0.2, 0) is 0 Å². The van der Waals surface area contributed by atoms with Crippen LogP contribution in [0.15, 0.2) is 29.6 Å². The molecule has 20 heavy (non-hydrogen) atoms. The van der Waals surface area contributed by atoms with E-state index in [4.69, 9.17) is 11.6 Å². The number of phenols is 1. The molecule has 0 radical (unpaired) electrons. The lowest BCUT2D eigenvalue weighted by Crippen LogP contribution is -2.29. The van der Waals surface area contributed by atoms with Gasteiger partial charge >= 0.3 is 0 Å². The van der Waals surface area contributed by atoms with Crippen molar-refractivity contribution in [3.63, 3.8) is 0 Å². The summed E-state index contributed by atoms with van der Waals surface area (Å²) in [5.41, 5.74) is 1.62. The second-order valence-electron chi connectivity index (χ2n) is 4.71. The van der Waals surface area contributed by atoms with Crippen molar-refractivity contribution in [3.8, 4) is 5.75 Å². The summed E-state index contributed by atoms with van der Waals surface area (Å²) in [5.74, 6) is 0.0527. The molecule has 0 aliphatic carbocycles. The highest BCUT2D eigenvalue weighted by molar-refractivity contribution is 7.13. The maximum Gasteiger partial charge on any atom is 0.265 e. The summed E-state index contributed by atoms with van der Waals surface area (Å²) in [6.45, 7) is 3.75. The van der Waals surface area contributed by atoms with Crippen LogP contribution in [0.3, 0.4) is 0 Å². The van der Waals surface area contributed by atoms with E-state index in [0.29, 0.717) is 15.5 Å². The molecule has 1 amide bonds. The smallest absolute Gasteiger partial charge is 0.265 e. The fraction of sp³-hybridized carbons (Fsp3) is 0.267. The molecule has 1 aromatic carbocycles. The van der Waals surface area contributed by atoms with Crippen LogP contribution in [0.25, 0.3) is 0 Å². The zero-order valence-electron chi connectivity index (χ0n) is 11.6. The molecule has 2 aromatic rings. The van der Waals surface area contributed by atoms with Crippen molar-refractivity contribution in [2.24, 2.45) is 0 Å². The number of carbonyl (C=O) groups is 1. The Bertz CT molecular complexity index is 639. The van der Waals surface area contributed by atoms with E-state index in [9.17, 15) is 9.90 Å². The molecular weight excluding hydrogens is 294 g/mol. The molecule has 1 atom stereocenters. The van der Waals surface area contributed by atoms with Gasteiger partial charge in [-0.05, 0) is 30.9 Å². The lowest BCUT2D eigenvalue weighted by atomic mass is 10.1. The van der Waals surface area contributed by atoms with Crippen molar-refractivity contribution in [1.29, 1.82) is 0 Å². The number of hydrogen-bond donors (Lipinski definition) is 1. The number of halogens is 1. The second kappa shape index (κ2) is 5.85. The van der Waals surface area contributed by atoms with Gasteiger partial charge in [-0.2, -0.15) is 0 Å². The molecule has 0 aliphatic rings. The van der Waals surface area contributed by atoms with Gasteiger partial charge in [0.25, 0.3) is 5.91 Å². The van der Waals surface area contributed by atoms with Gasteiger partial charge in [-0.25, -0.2) is 0 Å². The maximum atomic E-state index is 12.5. The van der Waals surface area contributed by atoms with E-state index in [1.54, 1.807) is 24.1 Å². The third-order valence-electron chi connectivity index (χ3n) is 3.38. The molecule has 0 aliphatic heterocycles. The number of thiophene rings is 1. The normalized spacial score (nSPS) is 12.2. The fourth-order valence-electron chi connectivity index (χ4n) is 1.96. The lowest BCUT2D eigenvalue weighted by Gasteiger charge is -2.25. The number of phenolic OH excluding ortho intramolecular Hbond substituents is 1. The first kappa shape index (κ1) is 14.9. The summed E-state index contributed by atoms with van der Waals surface area (Å²) >= 11 is 7.49. The Kier molecular flexibility index (Phi) is 4.35. The average molecular weight is 310 g/mol. The van der Waals surface area contributed by atoms with Crippen molar-refractivity contribution in [2.75, 3.05) is 7.05 Å². The zero-order chi connectivity index (χ0) is 14.9. The monoisotopic (exact) mass is 309 g/mol. The lowest BCUT2D eigenvalue weighted by molar-refractivity contribution is 0.0746. The molecule has 1 unspecified atom stereocenters. The summed E-state index contributed by atoms with van der Waals surface area (Å²) in [7, 11) is 1.71. The number of carbonyl (C=O) groups excluding carboxylic acids is 1. The number of benzene rings is 1. The summed E-state index contributed by atoms with van der Waals surface area (Å²) in [4.78, 5) is 14.6. The van der Waals surface area contributed by atoms with E-state index in [2.05, 4.69) is 0 Å². The number of aromatic hydroxyl groups is 1. The molecule has 106 valence electrons. The van der Waals surface area contributed by atoms with Crippen LogP contribution >= 0.6 is 22.9 Å². The molecule has 3 nitrogen and oxygen atoms in total. The van der Waals surface area contributed by atoms with Crippen LogP contribution in [-0.4, -0.2) is 23.0 Å². The van der Waals surface area contributed by atoms with Crippen LogP contribution in [0.5, 0.6) is 5.75 Å². The number of para-hydroxylation sites is 1. The van der Waals surface area contributed by atoms with Crippen LogP contribution in [0.1, 0.15) is 33.8 Å². The van der Waals surface area contributed by atoms with Crippen molar-refractivity contribution in [3.05, 3.63) is 50.7 Å². The molecule has 0 saturated carbocycles. The number of amides is 1. The Morgan fingerprint density at radius 1 is 1.40 bits per heavy atom. The van der Waals surface area contributed by atoms with E-state index in [-0.39, 0.29) is 17.7 Å². The van der Waals surface area contributed by atoms with E-state index >= 15 is 0 Å². The Morgan fingerprint density at radius 2 is 2.05 bits per heavy atom. The Labute approximate surface area is 127 Å². The highest BCUT2D eigenvalue weighted by atomic mass is 35.5. The SMILES string of the molecule is Cc1csc(C(=O)N(C)C(C)c2ccccc2O)c1Cl. The molecule has 0 saturated heterocycles. The number of aryl methyl sites for hydroxylation is 1. The predicted octanol–water partition coefficient (Wildman–Crippen LogP) is 4.25. The third-order valence-corrected chi connectivity index (χ3v) is 5.07. The minimum absolute atomic E-state index is 0.135. The van der Waals surface area contributed by atoms with Gasteiger partial charge in [0.1, 0.15) is 10.6 Å². The molecule has 1 aromatic heterocycles. The molecule has 1 N–H and O–H groups in total. The Morgan fingerprint density at radius 3 is 2.60 bits per heavy atom. The minimum atomic E-state index is -0.234. The van der Waals surface area contributed by atoms with Gasteiger partial charge in [0.15, 0.2) is 0 Å². The molecule has 0 bridgehead atoms. The minimum Gasteiger partial charge on any atom is -0.508 e. The number of hydrogen-bond acceptors (Lipinski definition) is 3. The van der Waals surface area contributed by atoms with Crippen molar-refractivity contribution >= 4 is 28.8 Å². The van der Waals surface area contributed by atoms with Gasteiger partial charge in [-0.15, -0.1) is 11.3 Å². The predicted molar refractivity (Wildman–Crippen MR) is 82.7 cm³/mol. The fourth-order valence-corrected chi connectivity index (χ4v) is 3.22. The van der Waals surface area contributed by atoms with E-state index in [0.717, 1.165) is 5.56 Å². The van der Waals surface area contributed by atoms with Gasteiger partial charge < -0.3 is 10.0 Å². The first-order chi connectivity index (χ1) is 9.43. The molecular formula is C15H16ClNO2S. The Hall–Kier alpha value is -1.52. The van der Waals surface area contributed by atoms with E-state index in [1.165, 1.54) is 11.3 Å². The van der Waals surface area contributed by atoms with Crippen LogP contribution in [0.4, 0.5) is 0 Å². The van der Waals surface area contributed by atoms with Crippen molar-refractivity contribution in [2.45, 2.75) is 19.9 Å². The summed E-state index contributed by atoms with van der Waals surface area (Å²) in [5, 5.41) is 12.3. The average Bonchev–Trinajstić information content (AvgIpc) is 2.77. The van der Waals surface area contributed by atoms with Crippen LogP contribution < -0.4 is 0 Å². The second-order valence-corrected chi connectivity index (χ2v) is 5.97.